The van der Waals surface area contributed by atoms with Crippen LogP contribution in [-0.4, -0.2) is 47.2 Å². The fraction of sp³-hybridized carbons (Fsp3) is 0.429. The highest BCUT2D eigenvalue weighted by molar-refractivity contribution is 5.94. The average molecular weight is 318 g/mol. The van der Waals surface area contributed by atoms with E-state index in [0.29, 0.717) is 0 Å². The summed E-state index contributed by atoms with van der Waals surface area (Å²) in [4.78, 5) is 22.8. The lowest BCUT2D eigenvalue weighted by Crippen LogP contribution is -2.42. The lowest BCUT2D eigenvalue weighted by molar-refractivity contribution is -0.192. The van der Waals surface area contributed by atoms with Gasteiger partial charge in [0.2, 0.25) is 0 Å². The van der Waals surface area contributed by atoms with E-state index in [1.807, 2.05) is 35.2 Å². The van der Waals surface area contributed by atoms with Gasteiger partial charge < -0.3 is 15.7 Å². The molecule has 3 N–H and O–H groups in total. The number of alkyl halides is 3. The number of carboxylic acid groups (broad SMARTS) is 1. The molecule has 1 fully saturated rings. The van der Waals surface area contributed by atoms with Gasteiger partial charge in [0.05, 0.1) is 0 Å². The average Bonchev–Trinajstić information content (AvgIpc) is 2.48. The molecule has 22 heavy (non-hydrogen) atoms. The summed E-state index contributed by atoms with van der Waals surface area (Å²) in [5.74, 6) is -2.63. The largest absolute Gasteiger partial charge is 0.490 e. The third-order valence-corrected chi connectivity index (χ3v) is 3.09. The summed E-state index contributed by atoms with van der Waals surface area (Å²) in [5.41, 5.74) is 6.57. The lowest BCUT2D eigenvalue weighted by Gasteiger charge is -2.30. The maximum Gasteiger partial charge on any atom is 0.490 e. The number of piperidine rings is 1. The number of amides is 1. The van der Waals surface area contributed by atoms with Crippen LogP contribution < -0.4 is 5.73 Å². The van der Waals surface area contributed by atoms with Crippen molar-refractivity contribution >= 4 is 11.9 Å². The van der Waals surface area contributed by atoms with E-state index in [1.54, 1.807) is 0 Å². The zero-order valence-electron chi connectivity index (χ0n) is 11.7. The lowest BCUT2D eigenvalue weighted by atomic mass is 10.1. The first-order valence-electron chi connectivity index (χ1n) is 6.62. The minimum absolute atomic E-state index is 0.127. The van der Waals surface area contributed by atoms with Crippen molar-refractivity contribution in [1.29, 1.82) is 0 Å². The summed E-state index contributed by atoms with van der Waals surface area (Å²) in [7, 11) is 0. The third kappa shape index (κ3) is 5.72. The molecule has 8 heteroatoms. The van der Waals surface area contributed by atoms with Crippen molar-refractivity contribution in [3.8, 4) is 0 Å². The minimum Gasteiger partial charge on any atom is -0.475 e. The zero-order valence-corrected chi connectivity index (χ0v) is 11.7. The van der Waals surface area contributed by atoms with Crippen molar-refractivity contribution in [2.24, 2.45) is 5.73 Å². The van der Waals surface area contributed by atoms with E-state index in [0.717, 1.165) is 31.5 Å². The Balaban J connectivity index is 0.000000295. The van der Waals surface area contributed by atoms with Gasteiger partial charge in [-0.15, -0.1) is 0 Å². The van der Waals surface area contributed by atoms with E-state index >= 15 is 0 Å². The Kier molecular flexibility index (Phi) is 6.36. The highest BCUT2D eigenvalue weighted by Gasteiger charge is 2.38. The summed E-state index contributed by atoms with van der Waals surface area (Å²) in [6.45, 7) is 1.57. The minimum atomic E-state index is -5.08. The van der Waals surface area contributed by atoms with Crippen LogP contribution in [0.3, 0.4) is 0 Å². The van der Waals surface area contributed by atoms with Crippen LogP contribution in [0.1, 0.15) is 23.2 Å². The Hall–Kier alpha value is -2.09. The van der Waals surface area contributed by atoms with Crippen LogP contribution in [0.25, 0.3) is 0 Å². The van der Waals surface area contributed by atoms with Crippen LogP contribution >= 0.6 is 0 Å². The molecule has 0 unspecified atom stereocenters. The van der Waals surface area contributed by atoms with E-state index in [1.165, 1.54) is 0 Å². The molecule has 0 bridgehead atoms. The maximum absolute atomic E-state index is 12.0. The molecule has 122 valence electrons. The molecule has 1 aliphatic rings. The van der Waals surface area contributed by atoms with Gasteiger partial charge in [-0.3, -0.25) is 4.79 Å². The summed E-state index contributed by atoms with van der Waals surface area (Å²) < 4.78 is 31.7. The second-order valence-corrected chi connectivity index (χ2v) is 4.80. The molecular formula is C14H17F3N2O3. The van der Waals surface area contributed by atoms with Crippen LogP contribution in [0.2, 0.25) is 0 Å². The van der Waals surface area contributed by atoms with Crippen molar-refractivity contribution in [2.75, 3.05) is 13.1 Å². The quantitative estimate of drug-likeness (QED) is 0.828. The van der Waals surface area contributed by atoms with Crippen molar-refractivity contribution in [1.82, 2.24) is 4.90 Å². The number of carbonyl (C=O) groups excluding carboxylic acids is 1. The van der Waals surface area contributed by atoms with Gasteiger partial charge in [-0.25, -0.2) is 4.79 Å². The Morgan fingerprint density at radius 3 is 2.00 bits per heavy atom. The van der Waals surface area contributed by atoms with E-state index in [4.69, 9.17) is 15.6 Å². The van der Waals surface area contributed by atoms with Crippen LogP contribution in [0.5, 0.6) is 0 Å². The number of aliphatic carboxylic acids is 1. The SMILES string of the molecule is NC1CCN(C(=O)c2ccccc2)CC1.O=C(O)C(F)(F)F. The number of rotatable bonds is 1. The number of halogens is 3. The molecule has 0 aromatic heterocycles. The molecule has 2 rings (SSSR count). The first-order chi connectivity index (χ1) is 10.2. The van der Waals surface area contributed by atoms with Crippen LogP contribution in [0.15, 0.2) is 30.3 Å². The Morgan fingerprint density at radius 1 is 1.14 bits per heavy atom. The van der Waals surface area contributed by atoms with Crippen molar-refractivity contribution in [3.05, 3.63) is 35.9 Å². The number of hydrogen-bond donors (Lipinski definition) is 2. The summed E-state index contributed by atoms with van der Waals surface area (Å²) in [5, 5.41) is 7.12. The van der Waals surface area contributed by atoms with Crippen molar-refractivity contribution in [2.45, 2.75) is 25.1 Å². The number of likely N-dealkylation sites (tertiary alicyclic amines) is 1. The normalized spacial score (nSPS) is 15.7. The number of hydrogen-bond acceptors (Lipinski definition) is 3. The second kappa shape index (κ2) is 7.79. The second-order valence-electron chi connectivity index (χ2n) is 4.80. The molecular weight excluding hydrogens is 301 g/mol. The predicted molar refractivity (Wildman–Crippen MR) is 73.2 cm³/mol. The fourth-order valence-corrected chi connectivity index (χ4v) is 1.87. The first-order valence-corrected chi connectivity index (χ1v) is 6.62. The molecule has 0 aliphatic carbocycles. The number of nitrogens with two attached hydrogens (primary N) is 1. The van der Waals surface area contributed by atoms with Gasteiger partial charge in [0.15, 0.2) is 0 Å². The summed E-state index contributed by atoms with van der Waals surface area (Å²) in [6.07, 6.45) is -3.25. The topological polar surface area (TPSA) is 83.6 Å². The smallest absolute Gasteiger partial charge is 0.475 e. The molecule has 0 saturated carbocycles. The first kappa shape index (κ1) is 18.0. The molecule has 1 saturated heterocycles. The standard InChI is InChI=1S/C12H16N2O.C2HF3O2/c13-11-6-8-14(9-7-11)12(15)10-4-2-1-3-5-10;3-2(4,5)1(6)7/h1-5,11H,6-9,13H2;(H,6,7). The van der Waals surface area contributed by atoms with Gasteiger partial charge in [-0.05, 0) is 25.0 Å². The van der Waals surface area contributed by atoms with E-state index in [-0.39, 0.29) is 11.9 Å². The third-order valence-electron chi connectivity index (χ3n) is 3.09. The molecule has 1 heterocycles. The monoisotopic (exact) mass is 318 g/mol. The van der Waals surface area contributed by atoms with Crippen molar-refractivity contribution < 1.29 is 27.9 Å². The molecule has 5 nitrogen and oxygen atoms in total. The highest BCUT2D eigenvalue weighted by Crippen LogP contribution is 2.13. The van der Waals surface area contributed by atoms with Gasteiger partial charge in [0.25, 0.3) is 5.91 Å². The molecule has 0 atom stereocenters. The summed E-state index contributed by atoms with van der Waals surface area (Å²) >= 11 is 0. The van der Waals surface area contributed by atoms with E-state index < -0.39 is 12.1 Å². The van der Waals surface area contributed by atoms with Crippen LogP contribution in [0, 0.1) is 0 Å². The molecule has 1 amide bonds. The van der Waals surface area contributed by atoms with Gasteiger partial charge in [-0.2, -0.15) is 13.2 Å². The number of carboxylic acids is 1. The van der Waals surface area contributed by atoms with Gasteiger partial charge in [0, 0.05) is 24.7 Å². The van der Waals surface area contributed by atoms with E-state index in [9.17, 15) is 18.0 Å². The molecule has 0 radical (unpaired) electrons. The number of benzene rings is 1. The molecule has 1 aliphatic heterocycles. The van der Waals surface area contributed by atoms with Crippen LogP contribution in [0.4, 0.5) is 13.2 Å². The van der Waals surface area contributed by atoms with Gasteiger partial charge >= 0.3 is 12.1 Å². The van der Waals surface area contributed by atoms with Gasteiger partial charge in [0.1, 0.15) is 0 Å². The van der Waals surface area contributed by atoms with Crippen LogP contribution in [-0.2, 0) is 4.79 Å². The molecule has 0 spiro atoms. The molecule has 1 aromatic carbocycles. The fourth-order valence-electron chi connectivity index (χ4n) is 1.87. The molecule has 1 aromatic rings. The highest BCUT2D eigenvalue weighted by atomic mass is 19.4. The van der Waals surface area contributed by atoms with Crippen molar-refractivity contribution in [3.63, 3.8) is 0 Å². The predicted octanol–water partition coefficient (Wildman–Crippen LogP) is 1.88. The number of carbonyl (C=O) groups is 2. The van der Waals surface area contributed by atoms with E-state index in [2.05, 4.69) is 0 Å². The van der Waals surface area contributed by atoms with Gasteiger partial charge in [-0.1, -0.05) is 18.2 Å². The Labute approximate surface area is 125 Å². The Morgan fingerprint density at radius 2 is 1.59 bits per heavy atom. The maximum atomic E-state index is 12.0. The zero-order chi connectivity index (χ0) is 16.8. The summed E-state index contributed by atoms with van der Waals surface area (Å²) in [6, 6.07) is 9.69. The Bertz CT molecular complexity index is 498. The number of nitrogens with zero attached hydrogens (tertiary/aromatic N) is 1.